The molecule has 0 radical (unpaired) electrons. The minimum absolute atomic E-state index is 0.185. The van der Waals surface area contributed by atoms with Crippen LogP contribution in [0.25, 0.3) is 5.69 Å². The maximum absolute atomic E-state index is 12.0. The zero-order valence-corrected chi connectivity index (χ0v) is 10.7. The molecule has 0 saturated heterocycles. The Morgan fingerprint density at radius 3 is 2.30 bits per heavy atom. The third-order valence-electron chi connectivity index (χ3n) is 2.09. The van der Waals surface area contributed by atoms with Crippen molar-refractivity contribution >= 4 is 9.84 Å². The molecule has 0 fully saturated rings. The molecule has 1 aromatic heterocycles. The molecular weight excluding hydrogens is 301 g/mol. The molecule has 0 unspecified atom stereocenters. The molecule has 0 saturated carbocycles. The Morgan fingerprint density at radius 1 is 1.20 bits per heavy atom. The van der Waals surface area contributed by atoms with E-state index < -0.39 is 27.1 Å². The van der Waals surface area contributed by atoms with Crippen molar-refractivity contribution in [2.24, 2.45) is 0 Å². The van der Waals surface area contributed by atoms with Gasteiger partial charge in [0, 0.05) is 6.26 Å². The number of alkyl halides is 3. The number of tetrazole rings is 1. The SMILES string of the molecule is CS(=O)(=O)c1nnnn1-c1ccc(OC(F)(F)F)cc1. The molecule has 0 aliphatic carbocycles. The fraction of sp³-hybridized carbons (Fsp3) is 0.222. The number of halogens is 3. The summed E-state index contributed by atoms with van der Waals surface area (Å²) in [7, 11) is -3.66. The van der Waals surface area contributed by atoms with Gasteiger partial charge in [0.15, 0.2) is 0 Å². The van der Waals surface area contributed by atoms with Gasteiger partial charge in [0.05, 0.1) is 5.69 Å². The summed E-state index contributed by atoms with van der Waals surface area (Å²) in [5, 5.41) is 9.62. The average Bonchev–Trinajstić information content (AvgIpc) is 2.76. The molecule has 0 aliphatic rings. The van der Waals surface area contributed by atoms with Crippen LogP contribution in [0.15, 0.2) is 29.4 Å². The predicted molar refractivity (Wildman–Crippen MR) is 58.9 cm³/mol. The number of sulfone groups is 1. The van der Waals surface area contributed by atoms with E-state index in [2.05, 4.69) is 20.3 Å². The van der Waals surface area contributed by atoms with E-state index in [1.54, 1.807) is 0 Å². The van der Waals surface area contributed by atoms with Gasteiger partial charge in [-0.25, -0.2) is 8.42 Å². The standard InChI is InChI=1S/C9H7F3N4O3S/c1-20(17,18)8-13-14-15-16(8)6-2-4-7(5-3-6)19-9(10,11)12/h2-5H,1H3. The summed E-state index contributed by atoms with van der Waals surface area (Å²) in [6.45, 7) is 0. The molecule has 7 nitrogen and oxygen atoms in total. The van der Waals surface area contributed by atoms with E-state index >= 15 is 0 Å². The average molecular weight is 308 g/mol. The Labute approximate surface area is 110 Å². The highest BCUT2D eigenvalue weighted by atomic mass is 32.2. The molecule has 0 bridgehead atoms. The number of ether oxygens (including phenoxy) is 1. The lowest BCUT2D eigenvalue weighted by atomic mass is 10.3. The first-order chi connectivity index (χ1) is 9.17. The molecule has 2 aromatic rings. The van der Waals surface area contributed by atoms with Gasteiger partial charge in [-0.05, 0) is 34.7 Å². The summed E-state index contributed by atoms with van der Waals surface area (Å²) in [5.74, 6) is -0.435. The van der Waals surface area contributed by atoms with Crippen molar-refractivity contribution in [2.45, 2.75) is 11.5 Å². The molecule has 108 valence electrons. The highest BCUT2D eigenvalue weighted by molar-refractivity contribution is 7.90. The Kier molecular flexibility index (Phi) is 3.38. The lowest BCUT2D eigenvalue weighted by Crippen LogP contribution is -2.17. The smallest absolute Gasteiger partial charge is 0.406 e. The summed E-state index contributed by atoms with van der Waals surface area (Å²) in [6.07, 6.45) is -3.88. The van der Waals surface area contributed by atoms with E-state index in [9.17, 15) is 21.6 Å². The van der Waals surface area contributed by atoms with Gasteiger partial charge in [-0.2, -0.15) is 4.68 Å². The first kappa shape index (κ1) is 14.2. The zero-order chi connectivity index (χ0) is 15.0. The summed E-state index contributed by atoms with van der Waals surface area (Å²) in [6, 6.07) is 4.45. The van der Waals surface area contributed by atoms with Crippen LogP contribution in [0.5, 0.6) is 5.75 Å². The number of benzene rings is 1. The maximum Gasteiger partial charge on any atom is 0.573 e. The summed E-state index contributed by atoms with van der Waals surface area (Å²) < 4.78 is 63.4. The van der Waals surface area contributed by atoms with Crippen LogP contribution in [-0.2, 0) is 9.84 Å². The monoisotopic (exact) mass is 308 g/mol. The zero-order valence-electron chi connectivity index (χ0n) is 9.87. The second-order valence-corrected chi connectivity index (χ2v) is 5.60. The van der Waals surface area contributed by atoms with Gasteiger partial charge in [0.25, 0.3) is 5.16 Å². The van der Waals surface area contributed by atoms with E-state index in [-0.39, 0.29) is 5.69 Å². The van der Waals surface area contributed by atoms with E-state index in [1.807, 2.05) is 0 Å². The normalized spacial score (nSPS) is 12.4. The largest absolute Gasteiger partial charge is 0.573 e. The minimum Gasteiger partial charge on any atom is -0.406 e. The third kappa shape index (κ3) is 3.23. The van der Waals surface area contributed by atoms with Crippen molar-refractivity contribution in [3.63, 3.8) is 0 Å². The van der Waals surface area contributed by atoms with Crippen LogP contribution in [0.2, 0.25) is 0 Å². The van der Waals surface area contributed by atoms with E-state index in [1.165, 1.54) is 12.1 Å². The summed E-state index contributed by atoms with van der Waals surface area (Å²) in [5.41, 5.74) is 0.185. The molecule has 11 heteroatoms. The molecule has 0 amide bonds. The number of aromatic nitrogens is 4. The van der Waals surface area contributed by atoms with Crippen LogP contribution in [0.3, 0.4) is 0 Å². The van der Waals surface area contributed by atoms with Gasteiger partial charge in [-0.1, -0.05) is 5.10 Å². The van der Waals surface area contributed by atoms with Gasteiger partial charge in [-0.15, -0.1) is 13.2 Å². The lowest BCUT2D eigenvalue weighted by molar-refractivity contribution is -0.274. The molecular formula is C9H7F3N4O3S. The molecule has 20 heavy (non-hydrogen) atoms. The predicted octanol–water partition coefficient (Wildman–Crippen LogP) is 0.964. The highest BCUT2D eigenvalue weighted by Gasteiger charge is 2.31. The fourth-order valence-corrected chi connectivity index (χ4v) is 2.00. The van der Waals surface area contributed by atoms with E-state index in [4.69, 9.17) is 0 Å². The quantitative estimate of drug-likeness (QED) is 0.839. The van der Waals surface area contributed by atoms with Crippen LogP contribution in [0.4, 0.5) is 13.2 Å². The lowest BCUT2D eigenvalue weighted by Gasteiger charge is -2.09. The van der Waals surface area contributed by atoms with Crippen molar-refractivity contribution < 1.29 is 26.3 Å². The Balaban J connectivity index is 2.34. The Morgan fingerprint density at radius 2 is 1.80 bits per heavy atom. The molecule has 2 rings (SSSR count). The topological polar surface area (TPSA) is 87.0 Å². The molecule has 0 N–H and O–H groups in total. The summed E-state index contributed by atoms with van der Waals surface area (Å²) >= 11 is 0. The Bertz CT molecular complexity index is 709. The molecule has 1 aromatic carbocycles. The first-order valence-corrected chi connectivity index (χ1v) is 6.90. The second kappa shape index (κ2) is 4.74. The number of rotatable bonds is 3. The van der Waals surface area contributed by atoms with Gasteiger partial charge in [-0.3, -0.25) is 0 Å². The highest BCUT2D eigenvalue weighted by Crippen LogP contribution is 2.23. The molecule has 0 spiro atoms. The number of hydrogen-bond donors (Lipinski definition) is 0. The van der Waals surface area contributed by atoms with Crippen LogP contribution < -0.4 is 4.74 Å². The van der Waals surface area contributed by atoms with E-state index in [0.717, 1.165) is 23.1 Å². The van der Waals surface area contributed by atoms with Gasteiger partial charge >= 0.3 is 6.36 Å². The number of hydrogen-bond acceptors (Lipinski definition) is 6. The van der Waals surface area contributed by atoms with Crippen LogP contribution in [0.1, 0.15) is 0 Å². The minimum atomic E-state index is -4.80. The molecule has 1 heterocycles. The van der Waals surface area contributed by atoms with Crippen LogP contribution in [0, 0.1) is 0 Å². The Hall–Kier alpha value is -2.17. The van der Waals surface area contributed by atoms with Crippen molar-refractivity contribution in [1.82, 2.24) is 20.2 Å². The molecule has 0 atom stereocenters. The van der Waals surface area contributed by atoms with Gasteiger partial charge < -0.3 is 4.74 Å². The summed E-state index contributed by atoms with van der Waals surface area (Å²) in [4.78, 5) is 0. The second-order valence-electron chi connectivity index (χ2n) is 3.69. The van der Waals surface area contributed by atoms with Crippen molar-refractivity contribution in [2.75, 3.05) is 6.26 Å². The van der Waals surface area contributed by atoms with Crippen molar-refractivity contribution in [3.05, 3.63) is 24.3 Å². The van der Waals surface area contributed by atoms with Crippen LogP contribution >= 0.6 is 0 Å². The van der Waals surface area contributed by atoms with Gasteiger partial charge in [0.2, 0.25) is 9.84 Å². The maximum atomic E-state index is 12.0. The first-order valence-electron chi connectivity index (χ1n) is 5.01. The van der Waals surface area contributed by atoms with Crippen LogP contribution in [-0.4, -0.2) is 41.2 Å². The third-order valence-corrected chi connectivity index (χ3v) is 3.01. The van der Waals surface area contributed by atoms with E-state index in [0.29, 0.717) is 0 Å². The number of nitrogens with zero attached hydrogens (tertiary/aromatic N) is 4. The molecule has 0 aliphatic heterocycles. The fourth-order valence-electron chi connectivity index (χ4n) is 1.36. The van der Waals surface area contributed by atoms with Gasteiger partial charge in [0.1, 0.15) is 5.75 Å². The van der Waals surface area contributed by atoms with Crippen molar-refractivity contribution in [1.29, 1.82) is 0 Å². The van der Waals surface area contributed by atoms with Crippen molar-refractivity contribution in [3.8, 4) is 11.4 Å².